The Kier molecular flexibility index (Phi) is 6.09. The summed E-state index contributed by atoms with van der Waals surface area (Å²) < 4.78 is 0. The molecule has 2 aromatic rings. The average molecular weight is 380 g/mol. The van der Waals surface area contributed by atoms with E-state index in [-0.39, 0.29) is 23.8 Å². The van der Waals surface area contributed by atoms with Gasteiger partial charge in [-0.2, -0.15) is 0 Å². The lowest BCUT2D eigenvalue weighted by atomic mass is 10.0. The highest BCUT2D eigenvalue weighted by atomic mass is 16.4. The van der Waals surface area contributed by atoms with Crippen LogP contribution in [-0.4, -0.2) is 58.9 Å². The summed E-state index contributed by atoms with van der Waals surface area (Å²) >= 11 is 0. The van der Waals surface area contributed by atoms with Crippen LogP contribution in [-0.2, 0) is 11.2 Å². The topological polar surface area (TPSA) is 77.9 Å². The van der Waals surface area contributed by atoms with Gasteiger partial charge in [0.2, 0.25) is 5.91 Å². The molecule has 6 nitrogen and oxygen atoms in total. The van der Waals surface area contributed by atoms with Crippen LogP contribution in [0, 0.1) is 6.92 Å². The number of hydrogen-bond acceptors (Lipinski definition) is 3. The van der Waals surface area contributed by atoms with E-state index in [2.05, 4.69) is 0 Å². The number of carboxylic acids is 1. The van der Waals surface area contributed by atoms with Crippen molar-refractivity contribution < 1.29 is 19.5 Å². The maximum atomic E-state index is 12.6. The van der Waals surface area contributed by atoms with Gasteiger partial charge in [0.15, 0.2) is 0 Å². The molecule has 0 aliphatic carbocycles. The molecule has 3 rings (SSSR count). The van der Waals surface area contributed by atoms with Gasteiger partial charge in [-0.05, 0) is 37.1 Å². The first-order valence-electron chi connectivity index (χ1n) is 9.40. The Morgan fingerprint density at radius 2 is 1.50 bits per heavy atom. The molecule has 0 aromatic heterocycles. The number of carbonyl (C=O) groups is 3. The second-order valence-corrected chi connectivity index (χ2v) is 7.00. The van der Waals surface area contributed by atoms with Crippen molar-refractivity contribution >= 4 is 17.8 Å². The number of carboxylic acid groups (broad SMARTS) is 1. The fraction of sp³-hybridized carbons (Fsp3) is 0.318. The van der Waals surface area contributed by atoms with Crippen LogP contribution in [0.2, 0.25) is 0 Å². The highest BCUT2D eigenvalue weighted by molar-refractivity contribution is 5.94. The summed E-state index contributed by atoms with van der Waals surface area (Å²) in [6, 6.07) is 14.3. The molecule has 0 unspecified atom stereocenters. The van der Waals surface area contributed by atoms with Crippen LogP contribution < -0.4 is 0 Å². The predicted molar refractivity (Wildman–Crippen MR) is 105 cm³/mol. The van der Waals surface area contributed by atoms with Crippen LogP contribution >= 0.6 is 0 Å². The molecule has 146 valence electrons. The molecule has 0 bridgehead atoms. The van der Waals surface area contributed by atoms with Gasteiger partial charge in [0, 0.05) is 38.2 Å². The first-order valence-corrected chi connectivity index (χ1v) is 9.40. The molecule has 1 N–H and O–H groups in total. The van der Waals surface area contributed by atoms with Crippen molar-refractivity contribution in [1.82, 2.24) is 9.80 Å². The first kappa shape index (κ1) is 19.6. The summed E-state index contributed by atoms with van der Waals surface area (Å²) in [5, 5.41) is 9.24. The number of benzene rings is 2. The van der Waals surface area contributed by atoms with Gasteiger partial charge in [-0.1, -0.05) is 35.9 Å². The molecule has 0 saturated carbocycles. The SMILES string of the molecule is Cc1ccc(C(=O)N2CCN(C(=O)CCc3ccccc3C(=O)O)CC2)cc1. The number of aryl methyl sites for hydroxylation is 2. The second kappa shape index (κ2) is 8.69. The number of hydrogen-bond donors (Lipinski definition) is 1. The molecule has 1 aliphatic rings. The normalized spacial score (nSPS) is 14.0. The van der Waals surface area contributed by atoms with Crippen molar-refractivity contribution in [1.29, 1.82) is 0 Å². The predicted octanol–water partition coefficient (Wildman–Crippen LogP) is 2.61. The van der Waals surface area contributed by atoms with E-state index in [4.69, 9.17) is 0 Å². The van der Waals surface area contributed by atoms with Gasteiger partial charge in [-0.3, -0.25) is 9.59 Å². The Labute approximate surface area is 164 Å². The van der Waals surface area contributed by atoms with E-state index in [1.54, 1.807) is 34.1 Å². The number of aromatic carboxylic acids is 1. The summed E-state index contributed by atoms with van der Waals surface area (Å²) in [5.74, 6) is -1.00. The lowest BCUT2D eigenvalue weighted by molar-refractivity contribution is -0.132. The maximum absolute atomic E-state index is 12.6. The summed E-state index contributed by atoms with van der Waals surface area (Å²) in [5.41, 5.74) is 2.67. The molecular formula is C22H24N2O4. The Morgan fingerprint density at radius 3 is 2.14 bits per heavy atom. The molecule has 28 heavy (non-hydrogen) atoms. The summed E-state index contributed by atoms with van der Waals surface area (Å²) in [4.78, 5) is 39.9. The molecule has 2 amide bonds. The summed E-state index contributed by atoms with van der Waals surface area (Å²) in [7, 11) is 0. The van der Waals surface area contributed by atoms with E-state index in [1.165, 1.54) is 0 Å². The fourth-order valence-corrected chi connectivity index (χ4v) is 3.38. The number of carbonyl (C=O) groups excluding carboxylic acids is 2. The molecule has 1 fully saturated rings. The van der Waals surface area contributed by atoms with Crippen molar-refractivity contribution in [2.45, 2.75) is 19.8 Å². The molecular weight excluding hydrogens is 356 g/mol. The minimum absolute atomic E-state index is 0.0115. The molecule has 6 heteroatoms. The van der Waals surface area contributed by atoms with E-state index < -0.39 is 5.97 Å². The third kappa shape index (κ3) is 4.57. The molecule has 2 aromatic carbocycles. The Bertz CT molecular complexity index is 868. The van der Waals surface area contributed by atoms with Gasteiger partial charge in [0.05, 0.1) is 5.56 Å². The van der Waals surface area contributed by atoms with Crippen molar-refractivity contribution in [3.63, 3.8) is 0 Å². The van der Waals surface area contributed by atoms with Gasteiger partial charge < -0.3 is 14.9 Å². The monoisotopic (exact) mass is 380 g/mol. The standard InChI is InChI=1S/C22H24N2O4/c1-16-6-8-18(9-7-16)21(26)24-14-12-23(13-15-24)20(25)11-10-17-4-2-3-5-19(17)22(27)28/h2-9H,10-15H2,1H3,(H,27,28). The van der Waals surface area contributed by atoms with Crippen molar-refractivity contribution in [3.8, 4) is 0 Å². The van der Waals surface area contributed by atoms with Crippen LogP contribution in [0.25, 0.3) is 0 Å². The smallest absolute Gasteiger partial charge is 0.335 e. The lowest BCUT2D eigenvalue weighted by Crippen LogP contribution is -2.50. The van der Waals surface area contributed by atoms with Crippen molar-refractivity contribution in [2.24, 2.45) is 0 Å². The molecule has 1 saturated heterocycles. The number of rotatable bonds is 5. The molecule has 0 spiro atoms. The van der Waals surface area contributed by atoms with E-state index in [0.29, 0.717) is 43.7 Å². The first-order chi connectivity index (χ1) is 13.5. The fourth-order valence-electron chi connectivity index (χ4n) is 3.38. The molecule has 1 heterocycles. The molecule has 1 aliphatic heterocycles. The van der Waals surface area contributed by atoms with Crippen LogP contribution in [0.5, 0.6) is 0 Å². The van der Waals surface area contributed by atoms with Crippen LogP contribution in [0.1, 0.15) is 38.3 Å². The quantitative estimate of drug-likeness (QED) is 0.865. The summed E-state index contributed by atoms with van der Waals surface area (Å²) in [6.45, 7) is 3.98. The van der Waals surface area contributed by atoms with Crippen LogP contribution in [0.3, 0.4) is 0 Å². The van der Waals surface area contributed by atoms with E-state index in [1.807, 2.05) is 31.2 Å². The van der Waals surface area contributed by atoms with Crippen molar-refractivity contribution in [3.05, 3.63) is 70.8 Å². The second-order valence-electron chi connectivity index (χ2n) is 7.00. The summed E-state index contributed by atoms with van der Waals surface area (Å²) in [6.07, 6.45) is 0.653. The van der Waals surface area contributed by atoms with E-state index in [0.717, 1.165) is 5.56 Å². The van der Waals surface area contributed by atoms with Crippen LogP contribution in [0.15, 0.2) is 48.5 Å². The largest absolute Gasteiger partial charge is 0.478 e. The molecule has 0 atom stereocenters. The zero-order valence-corrected chi connectivity index (χ0v) is 15.9. The maximum Gasteiger partial charge on any atom is 0.335 e. The van der Waals surface area contributed by atoms with Gasteiger partial charge in [-0.15, -0.1) is 0 Å². The Morgan fingerprint density at radius 1 is 0.893 bits per heavy atom. The van der Waals surface area contributed by atoms with Crippen LogP contribution in [0.4, 0.5) is 0 Å². The Balaban J connectivity index is 1.52. The number of amides is 2. The minimum atomic E-state index is -0.980. The van der Waals surface area contributed by atoms with Gasteiger partial charge in [0.25, 0.3) is 5.91 Å². The molecule has 0 radical (unpaired) electrons. The van der Waals surface area contributed by atoms with Crippen molar-refractivity contribution in [2.75, 3.05) is 26.2 Å². The Hall–Kier alpha value is -3.15. The number of nitrogens with zero attached hydrogens (tertiary/aromatic N) is 2. The minimum Gasteiger partial charge on any atom is -0.478 e. The zero-order valence-electron chi connectivity index (χ0n) is 15.9. The third-order valence-corrected chi connectivity index (χ3v) is 5.07. The van der Waals surface area contributed by atoms with Gasteiger partial charge >= 0.3 is 5.97 Å². The highest BCUT2D eigenvalue weighted by Gasteiger charge is 2.24. The van der Waals surface area contributed by atoms with E-state index in [9.17, 15) is 19.5 Å². The zero-order chi connectivity index (χ0) is 20.1. The van der Waals surface area contributed by atoms with Gasteiger partial charge in [0.1, 0.15) is 0 Å². The third-order valence-electron chi connectivity index (χ3n) is 5.07. The number of piperazine rings is 1. The average Bonchev–Trinajstić information content (AvgIpc) is 2.72. The van der Waals surface area contributed by atoms with Gasteiger partial charge in [-0.25, -0.2) is 4.79 Å². The highest BCUT2D eigenvalue weighted by Crippen LogP contribution is 2.14. The lowest BCUT2D eigenvalue weighted by Gasteiger charge is -2.35. The van der Waals surface area contributed by atoms with E-state index >= 15 is 0 Å².